The second kappa shape index (κ2) is 10.8. The van der Waals surface area contributed by atoms with Crippen molar-refractivity contribution < 1.29 is 28.7 Å². The third-order valence-corrected chi connectivity index (χ3v) is 8.99. The molecular formula is C36H30N2O6. The zero-order valence-electron chi connectivity index (χ0n) is 24.3. The Labute approximate surface area is 254 Å². The average molecular weight is 587 g/mol. The molecule has 0 N–H and O–H groups in total. The molecule has 3 fully saturated rings. The molecule has 0 spiro atoms. The lowest BCUT2D eigenvalue weighted by atomic mass is 9.70. The highest BCUT2D eigenvalue weighted by atomic mass is 16.5. The number of carbonyl (C=O) groups is 4. The lowest BCUT2D eigenvalue weighted by Gasteiger charge is -2.28. The Morgan fingerprint density at radius 3 is 1.25 bits per heavy atom. The number of carbonyl (C=O) groups excluding carboxylic acids is 4. The summed E-state index contributed by atoms with van der Waals surface area (Å²) in [4.78, 5) is 54.0. The minimum Gasteiger partial charge on any atom is -0.457 e. The monoisotopic (exact) mass is 586 g/mol. The van der Waals surface area contributed by atoms with Crippen LogP contribution in [0.3, 0.4) is 0 Å². The number of hydrogen-bond donors (Lipinski definition) is 0. The second-order valence-corrected chi connectivity index (χ2v) is 11.7. The molecular weight excluding hydrogens is 556 g/mol. The van der Waals surface area contributed by atoms with Gasteiger partial charge in [0, 0.05) is 7.05 Å². The van der Waals surface area contributed by atoms with E-state index < -0.39 is 23.7 Å². The molecule has 1 aliphatic carbocycles. The van der Waals surface area contributed by atoms with Crippen molar-refractivity contribution in [2.24, 2.45) is 23.7 Å². The molecule has 0 radical (unpaired) electrons. The Kier molecular flexibility index (Phi) is 6.77. The first-order valence-electron chi connectivity index (χ1n) is 14.7. The third-order valence-electron chi connectivity index (χ3n) is 8.99. The van der Waals surface area contributed by atoms with Gasteiger partial charge in [0.05, 0.1) is 29.4 Å². The summed E-state index contributed by atoms with van der Waals surface area (Å²) in [6.07, 6.45) is 0.460. The summed E-state index contributed by atoms with van der Waals surface area (Å²) in [6, 6.07) is 30.3. The minimum absolute atomic E-state index is 0.230. The van der Waals surface area contributed by atoms with Crippen molar-refractivity contribution in [1.29, 1.82) is 0 Å². The molecule has 2 aliphatic heterocycles. The van der Waals surface area contributed by atoms with E-state index in [0.29, 0.717) is 17.2 Å². The number of hydrogen-bond acceptors (Lipinski definition) is 6. The van der Waals surface area contributed by atoms with Crippen LogP contribution in [0, 0.1) is 30.6 Å². The number of aryl methyl sites for hydroxylation is 1. The first-order chi connectivity index (χ1) is 21.3. The second-order valence-electron chi connectivity index (χ2n) is 11.7. The van der Waals surface area contributed by atoms with Crippen LogP contribution in [0.15, 0.2) is 97.1 Å². The number of imide groups is 2. The topological polar surface area (TPSA) is 93.2 Å². The standard InChI is InChI=1S/C36H30N2O6/c1-21-3-11-25(12-4-21)43-26-13-5-22(6-14-26)23-7-15-27(16-8-23)44-28-17-9-24(10-18-28)38-35(41)31-19-29-30(20-32(31)36(38)42)34(40)37(2)33(29)39/h3-18,29-32H,19-20H2,1-2H3. The maximum absolute atomic E-state index is 13.3. The van der Waals surface area contributed by atoms with Gasteiger partial charge in [-0.3, -0.25) is 29.0 Å². The molecule has 7 rings (SSSR count). The number of rotatable bonds is 6. The van der Waals surface area contributed by atoms with Crippen LogP contribution < -0.4 is 14.4 Å². The van der Waals surface area contributed by atoms with Crippen molar-refractivity contribution in [1.82, 2.24) is 4.90 Å². The van der Waals surface area contributed by atoms with E-state index in [0.717, 1.165) is 27.5 Å². The van der Waals surface area contributed by atoms with Crippen LogP contribution in [0.5, 0.6) is 23.0 Å². The Balaban J connectivity index is 0.992. The maximum atomic E-state index is 13.3. The fourth-order valence-electron chi connectivity index (χ4n) is 6.57. The van der Waals surface area contributed by atoms with E-state index in [9.17, 15) is 19.2 Å². The van der Waals surface area contributed by atoms with Crippen LogP contribution in [-0.2, 0) is 19.2 Å². The van der Waals surface area contributed by atoms with Crippen LogP contribution in [0.25, 0.3) is 11.1 Å². The van der Waals surface area contributed by atoms with Gasteiger partial charge in [0.25, 0.3) is 0 Å². The highest BCUT2D eigenvalue weighted by Crippen LogP contribution is 2.48. The van der Waals surface area contributed by atoms with Crippen molar-refractivity contribution in [3.63, 3.8) is 0 Å². The number of nitrogens with zero attached hydrogens (tertiary/aromatic N) is 2. The molecule has 1 saturated carbocycles. The van der Waals surface area contributed by atoms with Gasteiger partial charge in [-0.25, -0.2) is 0 Å². The normalized spacial score (nSPS) is 22.7. The molecule has 44 heavy (non-hydrogen) atoms. The van der Waals surface area contributed by atoms with E-state index in [4.69, 9.17) is 9.47 Å². The van der Waals surface area contributed by atoms with E-state index in [1.807, 2.05) is 79.7 Å². The molecule has 4 unspecified atom stereocenters. The van der Waals surface area contributed by atoms with Gasteiger partial charge >= 0.3 is 0 Å². The quantitative estimate of drug-likeness (QED) is 0.244. The summed E-state index contributed by atoms with van der Waals surface area (Å²) in [5, 5.41) is 0. The fraction of sp³-hybridized carbons (Fsp3) is 0.222. The summed E-state index contributed by atoms with van der Waals surface area (Å²) < 4.78 is 12.0. The van der Waals surface area contributed by atoms with Crippen molar-refractivity contribution in [3.8, 4) is 34.1 Å². The molecule has 4 aromatic carbocycles. The Bertz CT molecular complexity index is 1720. The Hall–Kier alpha value is -5.24. The first-order valence-corrected chi connectivity index (χ1v) is 14.7. The van der Waals surface area contributed by atoms with Gasteiger partial charge in [-0.1, -0.05) is 42.0 Å². The molecule has 0 bridgehead atoms. The predicted molar refractivity (Wildman–Crippen MR) is 163 cm³/mol. The van der Waals surface area contributed by atoms with E-state index in [-0.39, 0.29) is 36.5 Å². The van der Waals surface area contributed by atoms with E-state index in [1.165, 1.54) is 17.5 Å². The smallest absolute Gasteiger partial charge is 0.237 e. The van der Waals surface area contributed by atoms with Crippen molar-refractivity contribution >= 4 is 29.3 Å². The SMILES string of the molecule is Cc1ccc(Oc2ccc(-c3ccc(Oc4ccc(N5C(=O)C6CC7C(=O)N(C)C(=O)C7CC6C5=O)cc4)cc3)cc2)cc1. The molecule has 4 atom stereocenters. The molecule has 220 valence electrons. The van der Waals surface area contributed by atoms with Gasteiger partial charge in [0.2, 0.25) is 23.6 Å². The number of benzene rings is 4. The Morgan fingerprint density at radius 1 is 0.500 bits per heavy atom. The van der Waals surface area contributed by atoms with Crippen LogP contribution in [0.1, 0.15) is 18.4 Å². The molecule has 8 heteroatoms. The fourth-order valence-corrected chi connectivity index (χ4v) is 6.57. The van der Waals surface area contributed by atoms with Crippen LogP contribution >= 0.6 is 0 Å². The summed E-state index contributed by atoms with van der Waals surface area (Å²) in [5.74, 6) is -0.596. The molecule has 2 heterocycles. The lowest BCUT2D eigenvalue weighted by Crippen LogP contribution is -2.35. The van der Waals surface area contributed by atoms with Gasteiger partial charge in [0.15, 0.2) is 0 Å². The summed E-state index contributed by atoms with van der Waals surface area (Å²) in [5.41, 5.74) is 3.70. The van der Waals surface area contributed by atoms with Crippen LogP contribution in [0.2, 0.25) is 0 Å². The van der Waals surface area contributed by atoms with E-state index in [1.54, 1.807) is 24.3 Å². The lowest BCUT2D eigenvalue weighted by molar-refractivity contribution is -0.138. The molecule has 8 nitrogen and oxygen atoms in total. The number of fused-ring (bicyclic) bond motifs is 2. The molecule has 2 saturated heterocycles. The van der Waals surface area contributed by atoms with Gasteiger partial charge in [-0.15, -0.1) is 0 Å². The molecule has 4 aromatic rings. The number of ether oxygens (including phenoxy) is 2. The maximum Gasteiger partial charge on any atom is 0.237 e. The zero-order valence-corrected chi connectivity index (χ0v) is 24.3. The predicted octanol–water partition coefficient (Wildman–Crippen LogP) is 6.38. The molecule has 0 aromatic heterocycles. The Morgan fingerprint density at radius 2 is 0.841 bits per heavy atom. The summed E-state index contributed by atoms with van der Waals surface area (Å²) in [6.45, 7) is 2.04. The van der Waals surface area contributed by atoms with E-state index in [2.05, 4.69) is 0 Å². The largest absolute Gasteiger partial charge is 0.457 e. The van der Waals surface area contributed by atoms with Gasteiger partial charge < -0.3 is 9.47 Å². The highest BCUT2D eigenvalue weighted by Gasteiger charge is 2.59. The average Bonchev–Trinajstić information content (AvgIpc) is 3.41. The van der Waals surface area contributed by atoms with Crippen molar-refractivity contribution in [3.05, 3.63) is 103 Å². The van der Waals surface area contributed by atoms with Crippen LogP contribution in [-0.4, -0.2) is 35.6 Å². The van der Waals surface area contributed by atoms with Crippen molar-refractivity contribution in [2.45, 2.75) is 19.8 Å². The third kappa shape index (κ3) is 4.82. The molecule has 3 aliphatic rings. The first kappa shape index (κ1) is 27.6. The zero-order chi connectivity index (χ0) is 30.5. The minimum atomic E-state index is -0.585. The van der Waals surface area contributed by atoms with Gasteiger partial charge in [0.1, 0.15) is 23.0 Å². The molecule has 4 amide bonds. The number of amides is 4. The highest BCUT2D eigenvalue weighted by molar-refractivity contribution is 6.22. The van der Waals surface area contributed by atoms with E-state index >= 15 is 0 Å². The number of anilines is 1. The number of likely N-dealkylation sites (tertiary alicyclic amines) is 1. The van der Waals surface area contributed by atoms with Crippen LogP contribution in [0.4, 0.5) is 5.69 Å². The summed E-state index contributed by atoms with van der Waals surface area (Å²) >= 11 is 0. The van der Waals surface area contributed by atoms with Crippen molar-refractivity contribution in [2.75, 3.05) is 11.9 Å². The van der Waals surface area contributed by atoms with Gasteiger partial charge in [-0.2, -0.15) is 0 Å². The van der Waals surface area contributed by atoms with Gasteiger partial charge in [-0.05, 0) is 91.6 Å². The summed E-state index contributed by atoms with van der Waals surface area (Å²) in [7, 11) is 1.47.